The molecule has 0 unspecified atom stereocenters. The Balaban J connectivity index is 1.89. The van der Waals surface area contributed by atoms with Gasteiger partial charge in [-0.25, -0.2) is 0 Å². The topological polar surface area (TPSA) is 86.8 Å². The Labute approximate surface area is 143 Å². The molecule has 1 amide bonds. The molecule has 5 nitrogen and oxygen atoms in total. The molecule has 7 heteroatoms. The summed E-state index contributed by atoms with van der Waals surface area (Å²) < 4.78 is 0. The lowest BCUT2D eigenvalue weighted by Gasteiger charge is -2.19. The van der Waals surface area contributed by atoms with E-state index in [4.69, 9.17) is 5.73 Å². The lowest BCUT2D eigenvalue weighted by molar-refractivity contribution is -0.118. The number of hydrogen-bond acceptors (Lipinski definition) is 6. The summed E-state index contributed by atoms with van der Waals surface area (Å²) in [5.74, 6) is 1.30. The van der Waals surface area contributed by atoms with Gasteiger partial charge in [-0.1, -0.05) is 0 Å². The van der Waals surface area contributed by atoms with Crippen molar-refractivity contribution in [1.29, 1.82) is 0 Å². The van der Waals surface area contributed by atoms with Crippen LogP contribution in [0, 0.1) is 0 Å². The van der Waals surface area contributed by atoms with Crippen LogP contribution in [0.1, 0.15) is 0 Å². The monoisotopic (exact) mass is 350 g/mol. The van der Waals surface area contributed by atoms with E-state index in [0.29, 0.717) is 11.8 Å². The van der Waals surface area contributed by atoms with Gasteiger partial charge in [-0.05, 0) is 48.5 Å². The molecule has 0 saturated heterocycles. The molecule has 0 atom stereocenters. The minimum Gasteiger partial charge on any atom is -0.508 e. The fraction of sp³-hybridized carbons (Fsp3) is 0.188. The van der Waals surface area contributed by atoms with Gasteiger partial charge in [0.2, 0.25) is 5.91 Å². The number of phenolic OH excluding ortho intramolecular Hbond substituents is 2. The largest absolute Gasteiger partial charge is 0.508 e. The van der Waals surface area contributed by atoms with Crippen molar-refractivity contribution in [3.05, 3.63) is 48.5 Å². The van der Waals surface area contributed by atoms with E-state index < -0.39 is 0 Å². The molecule has 122 valence electrons. The normalized spacial score (nSPS) is 10.8. The molecule has 0 aliphatic heterocycles. The number of nitrogens with zero attached hydrogens (tertiary/aromatic N) is 1. The predicted octanol–water partition coefficient (Wildman–Crippen LogP) is 2.68. The maximum atomic E-state index is 11.2. The standard InChI is InChI=1S/C16H18N2O3S2/c17-16(21)9-18(10-22-14-5-1-12(19)2-6-14)11-23-15-7-3-13(20)4-8-15/h1-8,19-20H,9-11H2,(H2,17,21). The second-order valence-corrected chi connectivity index (χ2v) is 6.87. The highest BCUT2D eigenvalue weighted by Crippen LogP contribution is 2.25. The van der Waals surface area contributed by atoms with Gasteiger partial charge in [0.25, 0.3) is 0 Å². The van der Waals surface area contributed by atoms with Crippen LogP contribution in [-0.2, 0) is 4.79 Å². The molecule has 0 radical (unpaired) electrons. The third-order valence-corrected chi connectivity index (χ3v) is 5.08. The Morgan fingerprint density at radius 2 is 1.26 bits per heavy atom. The smallest absolute Gasteiger partial charge is 0.231 e. The summed E-state index contributed by atoms with van der Waals surface area (Å²) in [5, 5.41) is 18.6. The fourth-order valence-corrected chi connectivity index (χ4v) is 3.57. The Kier molecular flexibility index (Phi) is 6.64. The third-order valence-electron chi connectivity index (χ3n) is 2.88. The van der Waals surface area contributed by atoms with Gasteiger partial charge < -0.3 is 15.9 Å². The van der Waals surface area contributed by atoms with Gasteiger partial charge in [0.15, 0.2) is 0 Å². The number of amides is 1. The van der Waals surface area contributed by atoms with E-state index >= 15 is 0 Å². The highest BCUT2D eigenvalue weighted by molar-refractivity contribution is 8.00. The van der Waals surface area contributed by atoms with Gasteiger partial charge in [0.05, 0.1) is 18.3 Å². The molecule has 0 fully saturated rings. The molecule has 2 aromatic carbocycles. The quantitative estimate of drug-likeness (QED) is 0.501. The average molecular weight is 350 g/mol. The van der Waals surface area contributed by atoms with Crippen LogP contribution in [0.5, 0.6) is 11.5 Å². The van der Waals surface area contributed by atoms with E-state index in [-0.39, 0.29) is 24.0 Å². The summed E-state index contributed by atoms with van der Waals surface area (Å²) in [6, 6.07) is 13.8. The second kappa shape index (κ2) is 8.71. The minimum absolute atomic E-state index is 0.177. The maximum absolute atomic E-state index is 11.2. The number of nitrogens with two attached hydrogens (primary N) is 1. The summed E-state index contributed by atoms with van der Waals surface area (Å²) in [6.07, 6.45) is 0. The first-order valence-corrected chi connectivity index (χ1v) is 8.84. The average Bonchev–Trinajstić information content (AvgIpc) is 2.52. The summed E-state index contributed by atoms with van der Waals surface area (Å²) in [7, 11) is 0. The Bertz CT molecular complexity index is 583. The molecular formula is C16H18N2O3S2. The van der Waals surface area contributed by atoms with Crippen molar-refractivity contribution in [2.24, 2.45) is 5.73 Å². The number of hydrogen-bond donors (Lipinski definition) is 3. The van der Waals surface area contributed by atoms with E-state index in [0.717, 1.165) is 9.79 Å². The molecule has 2 aromatic rings. The van der Waals surface area contributed by atoms with Gasteiger partial charge in [-0.3, -0.25) is 9.69 Å². The number of thioether (sulfide) groups is 2. The zero-order chi connectivity index (χ0) is 16.7. The van der Waals surface area contributed by atoms with Crippen LogP contribution in [-0.4, -0.2) is 39.3 Å². The maximum Gasteiger partial charge on any atom is 0.231 e. The predicted molar refractivity (Wildman–Crippen MR) is 93.6 cm³/mol. The van der Waals surface area contributed by atoms with Crippen molar-refractivity contribution >= 4 is 29.4 Å². The van der Waals surface area contributed by atoms with Crippen LogP contribution in [0.25, 0.3) is 0 Å². The minimum atomic E-state index is -0.373. The molecule has 23 heavy (non-hydrogen) atoms. The number of aromatic hydroxyl groups is 2. The number of benzene rings is 2. The van der Waals surface area contributed by atoms with Crippen molar-refractivity contribution in [3.63, 3.8) is 0 Å². The molecule has 0 aliphatic carbocycles. The van der Waals surface area contributed by atoms with Crippen molar-refractivity contribution in [1.82, 2.24) is 4.90 Å². The number of carbonyl (C=O) groups is 1. The first-order valence-electron chi connectivity index (χ1n) is 6.87. The number of carbonyl (C=O) groups excluding carboxylic acids is 1. The number of phenols is 2. The Morgan fingerprint density at radius 1 is 0.870 bits per heavy atom. The highest BCUT2D eigenvalue weighted by Gasteiger charge is 2.10. The zero-order valence-electron chi connectivity index (χ0n) is 12.4. The fourth-order valence-electron chi connectivity index (χ4n) is 1.77. The number of rotatable bonds is 8. The molecule has 0 aromatic heterocycles. The summed E-state index contributed by atoms with van der Waals surface area (Å²) >= 11 is 3.14. The molecule has 0 bridgehead atoms. The lowest BCUT2D eigenvalue weighted by Crippen LogP contribution is -2.33. The van der Waals surface area contributed by atoms with Crippen LogP contribution in [0.3, 0.4) is 0 Å². The molecular weight excluding hydrogens is 332 g/mol. The van der Waals surface area contributed by atoms with E-state index in [1.165, 1.54) is 0 Å². The zero-order valence-corrected chi connectivity index (χ0v) is 14.0. The van der Waals surface area contributed by atoms with Gasteiger partial charge in [0, 0.05) is 9.79 Å². The summed E-state index contributed by atoms with van der Waals surface area (Å²) in [4.78, 5) is 15.2. The van der Waals surface area contributed by atoms with E-state index in [1.54, 1.807) is 47.8 Å². The van der Waals surface area contributed by atoms with Crippen LogP contribution in [0.15, 0.2) is 58.3 Å². The first kappa shape index (κ1) is 17.5. The highest BCUT2D eigenvalue weighted by atomic mass is 32.2. The van der Waals surface area contributed by atoms with Gasteiger partial charge in [-0.15, -0.1) is 23.5 Å². The van der Waals surface area contributed by atoms with E-state index in [9.17, 15) is 15.0 Å². The third kappa shape index (κ3) is 6.43. The molecule has 0 heterocycles. The second-order valence-electron chi connectivity index (χ2n) is 4.83. The van der Waals surface area contributed by atoms with Crippen LogP contribution >= 0.6 is 23.5 Å². The van der Waals surface area contributed by atoms with E-state index in [2.05, 4.69) is 0 Å². The first-order chi connectivity index (χ1) is 11.0. The van der Waals surface area contributed by atoms with Gasteiger partial charge in [0.1, 0.15) is 11.5 Å². The van der Waals surface area contributed by atoms with Gasteiger partial charge in [-0.2, -0.15) is 0 Å². The number of primary amides is 1. The van der Waals surface area contributed by atoms with Crippen LogP contribution in [0.4, 0.5) is 0 Å². The molecule has 0 spiro atoms. The summed E-state index contributed by atoms with van der Waals surface area (Å²) in [6.45, 7) is 0.177. The molecule has 0 aliphatic rings. The molecule has 2 rings (SSSR count). The Morgan fingerprint density at radius 3 is 1.61 bits per heavy atom. The van der Waals surface area contributed by atoms with Crippen molar-refractivity contribution in [2.75, 3.05) is 18.3 Å². The summed E-state index contributed by atoms with van der Waals surface area (Å²) in [5.41, 5.74) is 5.31. The molecule has 0 saturated carbocycles. The van der Waals surface area contributed by atoms with Crippen LogP contribution < -0.4 is 5.73 Å². The SMILES string of the molecule is NC(=O)CN(CSc1ccc(O)cc1)CSc1ccc(O)cc1. The lowest BCUT2D eigenvalue weighted by atomic mass is 10.3. The van der Waals surface area contributed by atoms with Crippen LogP contribution in [0.2, 0.25) is 0 Å². The van der Waals surface area contributed by atoms with Crippen molar-refractivity contribution < 1.29 is 15.0 Å². The Hall–Kier alpha value is -1.83. The van der Waals surface area contributed by atoms with Crippen molar-refractivity contribution in [2.45, 2.75) is 9.79 Å². The van der Waals surface area contributed by atoms with Gasteiger partial charge >= 0.3 is 0 Å². The molecule has 4 N–H and O–H groups in total. The van der Waals surface area contributed by atoms with E-state index in [1.807, 2.05) is 29.2 Å². The van der Waals surface area contributed by atoms with Crippen molar-refractivity contribution in [3.8, 4) is 11.5 Å².